The van der Waals surface area contributed by atoms with E-state index in [-0.39, 0.29) is 24.3 Å². The number of carbonyl (C=O) groups excluding carboxylic acids is 3. The Balaban J connectivity index is 1.51. The maximum absolute atomic E-state index is 13.4. The van der Waals surface area contributed by atoms with Crippen molar-refractivity contribution in [1.82, 2.24) is 9.80 Å². The Kier molecular flexibility index (Phi) is 7.47. The van der Waals surface area contributed by atoms with Crippen molar-refractivity contribution in [2.24, 2.45) is 0 Å². The van der Waals surface area contributed by atoms with Crippen LogP contribution in [0.5, 0.6) is 0 Å². The van der Waals surface area contributed by atoms with Crippen LogP contribution in [0.1, 0.15) is 39.1 Å². The highest BCUT2D eigenvalue weighted by Crippen LogP contribution is 2.28. The van der Waals surface area contributed by atoms with Crippen molar-refractivity contribution in [2.45, 2.75) is 19.8 Å². The number of aryl methyl sites for hydroxylation is 1. The average Bonchev–Trinajstić information content (AvgIpc) is 3.39. The second-order valence-corrected chi connectivity index (χ2v) is 8.86. The summed E-state index contributed by atoms with van der Waals surface area (Å²) in [7, 11) is 1.47. The Morgan fingerprint density at radius 3 is 2.15 bits per heavy atom. The van der Waals surface area contributed by atoms with Gasteiger partial charge in [-0.25, -0.2) is 0 Å². The van der Waals surface area contributed by atoms with E-state index in [0.717, 1.165) is 37.2 Å². The molecule has 2 aromatic rings. The second kappa shape index (κ2) is 10.7. The van der Waals surface area contributed by atoms with Crippen molar-refractivity contribution in [3.63, 3.8) is 0 Å². The molecule has 4 rings (SSSR count). The molecule has 8 nitrogen and oxygen atoms in total. The maximum Gasteiger partial charge on any atom is 0.256 e. The molecule has 2 aromatic carbocycles. The molecule has 1 N–H and O–H groups in total. The molecule has 0 saturated carbocycles. The zero-order valence-corrected chi connectivity index (χ0v) is 19.9. The lowest BCUT2D eigenvalue weighted by atomic mass is 10.1. The standard InChI is InChI=1S/C26H32N4O4/c1-19-5-7-20(8-6-19)25(32)30-15-13-28(14-16-30)23-10-9-21(27-24(31)18-34-2)17-22(23)26(33)29-11-3-4-12-29/h5-10,17H,3-4,11-16,18H2,1-2H3,(H,27,31). The Morgan fingerprint density at radius 1 is 0.853 bits per heavy atom. The zero-order chi connectivity index (χ0) is 24.1. The monoisotopic (exact) mass is 464 g/mol. The minimum atomic E-state index is -0.266. The number of anilines is 2. The van der Waals surface area contributed by atoms with E-state index < -0.39 is 0 Å². The van der Waals surface area contributed by atoms with Gasteiger partial charge in [-0.05, 0) is 50.1 Å². The quantitative estimate of drug-likeness (QED) is 0.711. The normalized spacial score (nSPS) is 16.0. The van der Waals surface area contributed by atoms with Crippen LogP contribution in [0.3, 0.4) is 0 Å². The van der Waals surface area contributed by atoms with Crippen LogP contribution in [0.15, 0.2) is 42.5 Å². The van der Waals surface area contributed by atoms with Gasteiger partial charge in [-0.2, -0.15) is 0 Å². The molecular weight excluding hydrogens is 432 g/mol. The van der Waals surface area contributed by atoms with E-state index in [9.17, 15) is 14.4 Å². The fraction of sp³-hybridized carbons (Fsp3) is 0.423. The van der Waals surface area contributed by atoms with Crippen molar-refractivity contribution >= 4 is 29.1 Å². The van der Waals surface area contributed by atoms with Gasteiger partial charge in [0.1, 0.15) is 6.61 Å². The van der Waals surface area contributed by atoms with Crippen molar-refractivity contribution in [3.05, 3.63) is 59.2 Å². The molecule has 3 amide bonds. The minimum Gasteiger partial charge on any atom is -0.375 e. The third kappa shape index (κ3) is 5.39. The number of rotatable bonds is 6. The molecule has 2 saturated heterocycles. The number of nitrogens with zero attached hydrogens (tertiary/aromatic N) is 3. The van der Waals surface area contributed by atoms with Crippen molar-refractivity contribution in [2.75, 3.05) is 63.2 Å². The van der Waals surface area contributed by atoms with E-state index in [0.29, 0.717) is 43.0 Å². The van der Waals surface area contributed by atoms with E-state index >= 15 is 0 Å². The molecular formula is C26H32N4O4. The van der Waals surface area contributed by atoms with Crippen LogP contribution in [0.25, 0.3) is 0 Å². The molecule has 0 bridgehead atoms. The summed E-state index contributed by atoms with van der Waals surface area (Å²) >= 11 is 0. The van der Waals surface area contributed by atoms with Crippen molar-refractivity contribution in [3.8, 4) is 0 Å². The van der Waals surface area contributed by atoms with E-state index in [1.54, 1.807) is 6.07 Å². The number of amides is 3. The zero-order valence-electron chi connectivity index (χ0n) is 19.9. The number of benzene rings is 2. The summed E-state index contributed by atoms with van der Waals surface area (Å²) in [6.07, 6.45) is 2.01. The predicted molar refractivity (Wildman–Crippen MR) is 131 cm³/mol. The summed E-state index contributed by atoms with van der Waals surface area (Å²) < 4.78 is 4.89. The molecule has 2 fully saturated rings. The molecule has 0 atom stereocenters. The lowest BCUT2D eigenvalue weighted by Gasteiger charge is -2.37. The predicted octanol–water partition coefficient (Wildman–Crippen LogP) is 2.78. The number of piperazine rings is 1. The summed E-state index contributed by atoms with van der Waals surface area (Å²) in [5, 5.41) is 2.80. The number of hydrogen-bond donors (Lipinski definition) is 1. The van der Waals surface area contributed by atoms with Crippen LogP contribution in [-0.4, -0.2) is 80.5 Å². The fourth-order valence-electron chi connectivity index (χ4n) is 4.51. The van der Waals surface area contributed by atoms with E-state index in [4.69, 9.17) is 4.74 Å². The lowest BCUT2D eigenvalue weighted by Crippen LogP contribution is -2.49. The number of ether oxygens (including phenoxy) is 1. The van der Waals surface area contributed by atoms with Gasteiger partial charge in [0.15, 0.2) is 0 Å². The van der Waals surface area contributed by atoms with Crippen LogP contribution in [0, 0.1) is 6.92 Å². The molecule has 0 unspecified atom stereocenters. The fourth-order valence-corrected chi connectivity index (χ4v) is 4.51. The van der Waals surface area contributed by atoms with Crippen molar-refractivity contribution in [1.29, 1.82) is 0 Å². The number of nitrogens with one attached hydrogen (secondary N) is 1. The molecule has 180 valence electrons. The summed E-state index contributed by atoms with van der Waals surface area (Å²) in [4.78, 5) is 44.1. The first-order valence-electron chi connectivity index (χ1n) is 11.8. The van der Waals surface area contributed by atoms with Crippen LogP contribution in [-0.2, 0) is 9.53 Å². The second-order valence-electron chi connectivity index (χ2n) is 8.86. The minimum absolute atomic E-state index is 0.0199. The average molecular weight is 465 g/mol. The lowest BCUT2D eigenvalue weighted by molar-refractivity contribution is -0.119. The summed E-state index contributed by atoms with van der Waals surface area (Å²) in [6, 6.07) is 13.1. The molecule has 2 aliphatic heterocycles. The van der Waals surface area contributed by atoms with Gasteiger partial charge in [0.2, 0.25) is 5.91 Å². The largest absolute Gasteiger partial charge is 0.375 e. The Bertz CT molecular complexity index is 1040. The van der Waals surface area contributed by atoms with Crippen molar-refractivity contribution < 1.29 is 19.1 Å². The molecule has 0 spiro atoms. The molecule has 2 heterocycles. The summed E-state index contributed by atoms with van der Waals surface area (Å²) in [6.45, 7) is 5.87. The Labute approximate surface area is 200 Å². The molecule has 0 aliphatic carbocycles. The van der Waals surface area contributed by atoms with E-state index in [1.165, 1.54) is 7.11 Å². The first-order valence-corrected chi connectivity index (χ1v) is 11.8. The van der Waals surface area contributed by atoms with E-state index in [2.05, 4.69) is 10.2 Å². The Hall–Kier alpha value is -3.39. The summed E-state index contributed by atoms with van der Waals surface area (Å²) in [5.41, 5.74) is 3.81. The van der Waals surface area contributed by atoms with Gasteiger partial charge in [0, 0.05) is 63.3 Å². The van der Waals surface area contributed by atoms with Gasteiger partial charge < -0.3 is 24.8 Å². The number of likely N-dealkylation sites (tertiary alicyclic amines) is 1. The van der Waals surface area contributed by atoms with Crippen LogP contribution in [0.2, 0.25) is 0 Å². The smallest absolute Gasteiger partial charge is 0.256 e. The number of methoxy groups -OCH3 is 1. The third-order valence-electron chi connectivity index (χ3n) is 6.39. The SMILES string of the molecule is COCC(=O)Nc1ccc(N2CCN(C(=O)c3ccc(C)cc3)CC2)c(C(=O)N2CCCC2)c1. The molecule has 2 aliphatic rings. The van der Waals surface area contributed by atoms with Crippen LogP contribution >= 0.6 is 0 Å². The highest BCUT2D eigenvalue weighted by Gasteiger charge is 2.28. The first-order chi connectivity index (χ1) is 16.5. The summed E-state index contributed by atoms with van der Waals surface area (Å²) in [5.74, 6) is -0.254. The van der Waals surface area contributed by atoms with Gasteiger partial charge in [-0.1, -0.05) is 17.7 Å². The Morgan fingerprint density at radius 2 is 1.50 bits per heavy atom. The third-order valence-corrected chi connectivity index (χ3v) is 6.39. The number of hydrogen-bond acceptors (Lipinski definition) is 5. The molecule has 34 heavy (non-hydrogen) atoms. The van der Waals surface area contributed by atoms with Gasteiger partial charge in [0.05, 0.1) is 5.56 Å². The molecule has 0 radical (unpaired) electrons. The molecule has 8 heteroatoms. The molecule has 0 aromatic heterocycles. The first kappa shape index (κ1) is 23.8. The van der Waals surface area contributed by atoms with Gasteiger partial charge in [-0.3, -0.25) is 14.4 Å². The topological polar surface area (TPSA) is 82.2 Å². The number of carbonyl (C=O) groups is 3. The van der Waals surface area contributed by atoms with E-state index in [1.807, 2.05) is 53.1 Å². The van der Waals surface area contributed by atoms with Gasteiger partial charge in [-0.15, -0.1) is 0 Å². The van der Waals surface area contributed by atoms with Gasteiger partial charge >= 0.3 is 0 Å². The maximum atomic E-state index is 13.4. The van der Waals surface area contributed by atoms with Crippen LogP contribution in [0.4, 0.5) is 11.4 Å². The van der Waals surface area contributed by atoms with Gasteiger partial charge in [0.25, 0.3) is 11.8 Å². The highest BCUT2D eigenvalue weighted by molar-refractivity contribution is 6.02. The highest BCUT2D eigenvalue weighted by atomic mass is 16.5. The van der Waals surface area contributed by atoms with Crippen LogP contribution < -0.4 is 10.2 Å².